The molecule has 214 valence electrons. The lowest BCUT2D eigenvalue weighted by atomic mass is 10.1. The van der Waals surface area contributed by atoms with Gasteiger partial charge in [0.15, 0.2) is 6.61 Å². The number of halogens is 6. The predicted octanol–water partition coefficient (Wildman–Crippen LogP) is 6.75. The Morgan fingerprint density at radius 1 is 0.829 bits per heavy atom. The van der Waals surface area contributed by atoms with Gasteiger partial charge in [0.1, 0.15) is 0 Å². The summed E-state index contributed by atoms with van der Waals surface area (Å²) in [6.45, 7) is 0.336. The first-order valence-electron chi connectivity index (χ1n) is 11.9. The summed E-state index contributed by atoms with van der Waals surface area (Å²) < 4.78 is 81.8. The minimum Gasteiger partial charge on any atom is -0.454 e. The molecule has 0 atom stereocenters. The van der Waals surface area contributed by atoms with Crippen LogP contribution in [0.4, 0.5) is 49.6 Å². The van der Waals surface area contributed by atoms with E-state index in [-0.39, 0.29) is 30.0 Å². The van der Waals surface area contributed by atoms with E-state index in [4.69, 9.17) is 0 Å². The number of ether oxygens (including phenoxy) is 1. The summed E-state index contributed by atoms with van der Waals surface area (Å²) in [4.78, 5) is 24.0. The Bertz CT molecular complexity index is 1490. The van der Waals surface area contributed by atoms with E-state index >= 15 is 0 Å². The van der Waals surface area contributed by atoms with Gasteiger partial charge in [0.05, 0.1) is 5.56 Å². The molecule has 0 fully saturated rings. The van der Waals surface area contributed by atoms with Crippen molar-refractivity contribution in [1.82, 2.24) is 15.0 Å². The van der Waals surface area contributed by atoms with Crippen LogP contribution >= 0.6 is 0 Å². The number of hydrogen-bond donors (Lipinski definition) is 3. The highest BCUT2D eigenvalue weighted by Gasteiger charge is 2.31. The number of rotatable bonds is 9. The van der Waals surface area contributed by atoms with E-state index in [1.165, 1.54) is 6.07 Å². The number of nitrogens with one attached hydrogen (secondary N) is 3. The van der Waals surface area contributed by atoms with E-state index < -0.39 is 30.5 Å². The SMILES string of the molecule is Cc1ccc(C(=O)Nc2ccc(CNc3nc(Nc4cccc(C(F)(F)F)c4)nc(OCC(F)(F)F)n3)cc2)cc1. The molecule has 1 amide bonds. The molecule has 0 aliphatic rings. The number of aryl methyl sites for hydroxylation is 1. The lowest BCUT2D eigenvalue weighted by Gasteiger charge is -2.13. The van der Waals surface area contributed by atoms with Gasteiger partial charge in [-0.05, 0) is 55.0 Å². The summed E-state index contributed by atoms with van der Waals surface area (Å²) in [6, 6.07) is 17.2. The molecule has 3 aromatic carbocycles. The van der Waals surface area contributed by atoms with Crippen molar-refractivity contribution in [2.24, 2.45) is 0 Å². The zero-order valence-electron chi connectivity index (χ0n) is 21.3. The third kappa shape index (κ3) is 8.81. The molecule has 0 aliphatic heterocycles. The summed E-state index contributed by atoms with van der Waals surface area (Å²) >= 11 is 0. The van der Waals surface area contributed by atoms with Crippen LogP contribution in [-0.2, 0) is 12.7 Å². The second kappa shape index (κ2) is 12.1. The van der Waals surface area contributed by atoms with Gasteiger partial charge in [0.2, 0.25) is 11.9 Å². The molecule has 0 unspecified atom stereocenters. The van der Waals surface area contributed by atoms with Crippen molar-refractivity contribution in [2.45, 2.75) is 25.8 Å². The number of carbonyl (C=O) groups excluding carboxylic acids is 1. The Morgan fingerprint density at radius 2 is 1.51 bits per heavy atom. The normalized spacial score (nSPS) is 11.6. The fourth-order valence-corrected chi connectivity index (χ4v) is 3.40. The zero-order valence-corrected chi connectivity index (χ0v) is 21.3. The number of anilines is 4. The minimum absolute atomic E-state index is 0.0537. The van der Waals surface area contributed by atoms with Gasteiger partial charge >= 0.3 is 18.4 Å². The molecular weight excluding hydrogens is 554 g/mol. The van der Waals surface area contributed by atoms with Crippen LogP contribution < -0.4 is 20.7 Å². The summed E-state index contributed by atoms with van der Waals surface area (Å²) in [5, 5.41) is 8.13. The van der Waals surface area contributed by atoms with E-state index in [1.54, 1.807) is 36.4 Å². The Balaban J connectivity index is 1.46. The van der Waals surface area contributed by atoms with Crippen molar-refractivity contribution < 1.29 is 35.9 Å². The van der Waals surface area contributed by atoms with E-state index in [9.17, 15) is 31.1 Å². The molecule has 0 saturated carbocycles. The molecule has 0 aliphatic carbocycles. The molecular formula is C27H22F6N6O2. The zero-order chi connectivity index (χ0) is 29.6. The number of amides is 1. The van der Waals surface area contributed by atoms with Crippen molar-refractivity contribution in [2.75, 3.05) is 22.6 Å². The number of aromatic nitrogens is 3. The number of carbonyl (C=O) groups is 1. The number of hydrogen-bond acceptors (Lipinski definition) is 7. The molecule has 3 N–H and O–H groups in total. The van der Waals surface area contributed by atoms with Crippen LogP contribution in [0, 0.1) is 6.92 Å². The maximum Gasteiger partial charge on any atom is 0.422 e. The summed E-state index contributed by atoms with van der Waals surface area (Å²) in [6.07, 6.45) is -9.28. The fourth-order valence-electron chi connectivity index (χ4n) is 3.40. The molecule has 1 heterocycles. The first-order chi connectivity index (χ1) is 19.3. The van der Waals surface area contributed by atoms with Crippen LogP contribution in [0.5, 0.6) is 6.01 Å². The standard InChI is InChI=1S/C27H22F6N6O2/c1-16-5-9-18(10-6-16)22(40)35-20-11-7-17(8-12-20)14-34-23-37-24(39-25(38-23)41-15-26(28,29)30)36-21-4-2-3-19(13-21)27(31,32)33/h2-13H,14-15H2,1H3,(H,35,40)(H2,34,36,37,38,39). The smallest absolute Gasteiger partial charge is 0.422 e. The molecule has 1 aromatic heterocycles. The third-order valence-electron chi connectivity index (χ3n) is 5.40. The number of alkyl halides is 6. The second-order valence-electron chi connectivity index (χ2n) is 8.74. The molecule has 0 bridgehead atoms. The summed E-state index contributed by atoms with van der Waals surface area (Å²) in [5.41, 5.74) is 1.76. The quantitative estimate of drug-likeness (QED) is 0.190. The lowest BCUT2D eigenvalue weighted by Crippen LogP contribution is -2.21. The van der Waals surface area contributed by atoms with Crippen molar-refractivity contribution in [3.63, 3.8) is 0 Å². The van der Waals surface area contributed by atoms with Crippen molar-refractivity contribution >= 4 is 29.2 Å². The van der Waals surface area contributed by atoms with Gasteiger partial charge in [0, 0.05) is 23.5 Å². The molecule has 4 aromatic rings. The van der Waals surface area contributed by atoms with E-state index in [2.05, 4.69) is 35.6 Å². The van der Waals surface area contributed by atoms with Gasteiger partial charge in [-0.15, -0.1) is 0 Å². The molecule has 8 nitrogen and oxygen atoms in total. The van der Waals surface area contributed by atoms with Gasteiger partial charge in [-0.3, -0.25) is 4.79 Å². The summed E-state index contributed by atoms with van der Waals surface area (Å²) in [7, 11) is 0. The highest BCUT2D eigenvalue weighted by Crippen LogP contribution is 2.31. The minimum atomic E-state index is -4.68. The molecule has 0 radical (unpaired) electrons. The van der Waals surface area contributed by atoms with Gasteiger partial charge in [-0.1, -0.05) is 35.9 Å². The van der Waals surface area contributed by atoms with Crippen LogP contribution in [0.25, 0.3) is 0 Å². The van der Waals surface area contributed by atoms with Gasteiger partial charge < -0.3 is 20.7 Å². The third-order valence-corrected chi connectivity index (χ3v) is 5.40. The van der Waals surface area contributed by atoms with Crippen molar-refractivity contribution in [3.05, 3.63) is 95.1 Å². The average Bonchev–Trinajstić information content (AvgIpc) is 2.91. The second-order valence-corrected chi connectivity index (χ2v) is 8.74. The Labute approximate surface area is 229 Å². The maximum absolute atomic E-state index is 13.1. The van der Waals surface area contributed by atoms with Crippen LogP contribution in [0.3, 0.4) is 0 Å². The van der Waals surface area contributed by atoms with Gasteiger partial charge in [-0.25, -0.2) is 0 Å². The Kier molecular flexibility index (Phi) is 8.59. The molecule has 41 heavy (non-hydrogen) atoms. The number of nitrogens with zero attached hydrogens (tertiary/aromatic N) is 3. The summed E-state index contributed by atoms with van der Waals surface area (Å²) in [5.74, 6) is -0.815. The first-order valence-corrected chi connectivity index (χ1v) is 11.9. The van der Waals surface area contributed by atoms with Crippen molar-refractivity contribution in [3.8, 4) is 6.01 Å². The largest absolute Gasteiger partial charge is 0.454 e. The fraction of sp³-hybridized carbons (Fsp3) is 0.185. The molecule has 4 rings (SSSR count). The van der Waals surface area contributed by atoms with Crippen LogP contribution in [0.2, 0.25) is 0 Å². The predicted molar refractivity (Wildman–Crippen MR) is 139 cm³/mol. The Hall–Kier alpha value is -4.88. The Morgan fingerprint density at radius 3 is 2.17 bits per heavy atom. The maximum atomic E-state index is 13.1. The molecule has 14 heteroatoms. The monoisotopic (exact) mass is 576 g/mol. The highest BCUT2D eigenvalue weighted by atomic mass is 19.4. The van der Waals surface area contributed by atoms with E-state index in [0.717, 1.165) is 23.8 Å². The van der Waals surface area contributed by atoms with E-state index in [0.29, 0.717) is 16.8 Å². The van der Waals surface area contributed by atoms with Crippen LogP contribution in [0.15, 0.2) is 72.8 Å². The van der Waals surface area contributed by atoms with Crippen molar-refractivity contribution in [1.29, 1.82) is 0 Å². The molecule has 0 saturated heterocycles. The average molecular weight is 577 g/mol. The van der Waals surface area contributed by atoms with Gasteiger partial charge in [-0.2, -0.15) is 41.3 Å². The topological polar surface area (TPSA) is 101 Å². The number of benzene rings is 3. The highest BCUT2D eigenvalue weighted by molar-refractivity contribution is 6.04. The van der Waals surface area contributed by atoms with Crippen LogP contribution in [0.1, 0.15) is 27.0 Å². The van der Waals surface area contributed by atoms with Gasteiger partial charge in [0.25, 0.3) is 5.91 Å². The first kappa shape index (κ1) is 29.1. The molecule has 0 spiro atoms. The van der Waals surface area contributed by atoms with E-state index in [1.807, 2.05) is 19.1 Å². The lowest BCUT2D eigenvalue weighted by molar-refractivity contribution is -0.154. The van der Waals surface area contributed by atoms with Crippen LogP contribution in [-0.4, -0.2) is 33.6 Å².